The molecule has 39 heavy (non-hydrogen) atoms. The van der Waals surface area contributed by atoms with Gasteiger partial charge in [0, 0.05) is 5.56 Å². The van der Waals surface area contributed by atoms with E-state index in [1.54, 1.807) is 36.4 Å². The number of anilines is 1. The van der Waals surface area contributed by atoms with E-state index in [0.29, 0.717) is 52.0 Å². The van der Waals surface area contributed by atoms with Gasteiger partial charge in [-0.05, 0) is 54.1 Å². The van der Waals surface area contributed by atoms with Crippen LogP contribution in [0, 0.1) is 5.82 Å². The molecule has 1 fully saturated rings. The Morgan fingerprint density at radius 3 is 2.54 bits per heavy atom. The number of ketones is 1. The monoisotopic (exact) mass is 548 g/mol. The van der Waals surface area contributed by atoms with Crippen molar-refractivity contribution >= 4 is 44.1 Å². The van der Waals surface area contributed by atoms with Crippen LogP contribution in [0.3, 0.4) is 0 Å². The lowest BCUT2D eigenvalue weighted by Crippen LogP contribution is -2.29. The van der Waals surface area contributed by atoms with E-state index >= 15 is 0 Å². The smallest absolute Gasteiger partial charge is 0.301 e. The summed E-state index contributed by atoms with van der Waals surface area (Å²) >= 11 is 1.06. The number of rotatable bonds is 5. The molecule has 2 aliphatic rings. The number of carbonyl (C=O) groups excluding carboxylic acids is 2. The second kappa shape index (κ2) is 9.59. The third-order valence-corrected chi connectivity index (χ3v) is 7.55. The average molecular weight is 549 g/mol. The summed E-state index contributed by atoms with van der Waals surface area (Å²) in [5, 5.41) is 11.7. The maximum absolute atomic E-state index is 13.9. The lowest BCUT2D eigenvalue weighted by molar-refractivity contribution is -0.132. The number of aliphatic hydroxyl groups is 1. The van der Waals surface area contributed by atoms with Crippen molar-refractivity contribution < 1.29 is 38.0 Å². The molecule has 1 saturated heterocycles. The highest BCUT2D eigenvalue weighted by Crippen LogP contribution is 2.46. The average Bonchev–Trinajstić information content (AvgIpc) is 3.49. The highest BCUT2D eigenvalue weighted by molar-refractivity contribution is 7.22. The number of halogens is 1. The van der Waals surface area contributed by atoms with E-state index in [0.717, 1.165) is 11.3 Å². The number of aliphatic hydroxyl groups excluding tert-OH is 1. The minimum atomic E-state index is -1.07. The maximum atomic E-state index is 13.9. The number of aromatic nitrogens is 1. The summed E-state index contributed by atoms with van der Waals surface area (Å²) in [5.41, 5.74) is 1.07. The molecule has 1 unspecified atom stereocenters. The Bertz CT molecular complexity index is 1680. The van der Waals surface area contributed by atoms with Crippen LogP contribution in [0.2, 0.25) is 0 Å². The van der Waals surface area contributed by atoms with E-state index in [4.69, 9.17) is 18.9 Å². The Kier molecular flexibility index (Phi) is 6.07. The number of amides is 1. The molecule has 0 radical (unpaired) electrons. The SMILES string of the molecule is COc1ccc(C2/C(=C(\O)c3ccc4c(c3)OCCO4)C(=O)C(=O)N2c2nc3ccc(F)cc3s2)cc1OC. The molecule has 3 aromatic carbocycles. The van der Waals surface area contributed by atoms with Gasteiger partial charge < -0.3 is 24.1 Å². The summed E-state index contributed by atoms with van der Waals surface area (Å²) in [6, 6.07) is 12.7. The van der Waals surface area contributed by atoms with Crippen LogP contribution in [0.1, 0.15) is 17.2 Å². The van der Waals surface area contributed by atoms with Crippen LogP contribution < -0.4 is 23.8 Å². The Labute approximate surface area is 225 Å². The summed E-state index contributed by atoms with van der Waals surface area (Å²) in [4.78, 5) is 32.8. The van der Waals surface area contributed by atoms with Gasteiger partial charge in [0.15, 0.2) is 28.1 Å². The molecule has 1 N–H and O–H groups in total. The first-order chi connectivity index (χ1) is 18.9. The first kappa shape index (κ1) is 24.7. The molecule has 0 spiro atoms. The summed E-state index contributed by atoms with van der Waals surface area (Å²) in [6.07, 6.45) is 0. The summed E-state index contributed by atoms with van der Waals surface area (Å²) in [6.45, 7) is 0.736. The quantitative estimate of drug-likeness (QED) is 0.214. The van der Waals surface area contributed by atoms with Crippen molar-refractivity contribution in [1.29, 1.82) is 0 Å². The minimum Gasteiger partial charge on any atom is -0.507 e. The van der Waals surface area contributed by atoms with Gasteiger partial charge in [0.1, 0.15) is 24.8 Å². The van der Waals surface area contributed by atoms with Gasteiger partial charge in [-0.2, -0.15) is 0 Å². The number of ether oxygens (including phenoxy) is 4. The molecular weight excluding hydrogens is 527 g/mol. The molecule has 6 rings (SSSR count). The number of fused-ring (bicyclic) bond motifs is 2. The van der Waals surface area contributed by atoms with Crippen LogP contribution in [0.25, 0.3) is 16.0 Å². The van der Waals surface area contributed by atoms with E-state index in [1.165, 1.54) is 37.3 Å². The predicted octanol–water partition coefficient (Wildman–Crippen LogP) is 4.85. The number of hydrogen-bond acceptors (Lipinski definition) is 9. The molecule has 0 aliphatic carbocycles. The topological polar surface area (TPSA) is 107 Å². The van der Waals surface area contributed by atoms with Crippen LogP contribution in [-0.2, 0) is 9.59 Å². The van der Waals surface area contributed by atoms with Crippen molar-refractivity contribution in [2.24, 2.45) is 0 Å². The van der Waals surface area contributed by atoms with Crippen molar-refractivity contribution in [3.63, 3.8) is 0 Å². The molecular formula is C28H21FN2O7S. The molecule has 1 aromatic heterocycles. The van der Waals surface area contributed by atoms with E-state index in [1.807, 2.05) is 0 Å². The van der Waals surface area contributed by atoms with Crippen LogP contribution in [0.5, 0.6) is 23.0 Å². The fourth-order valence-electron chi connectivity index (χ4n) is 4.70. The second-order valence-electron chi connectivity index (χ2n) is 8.75. The molecule has 11 heteroatoms. The predicted molar refractivity (Wildman–Crippen MR) is 141 cm³/mol. The number of thiazole rings is 1. The fourth-order valence-corrected chi connectivity index (χ4v) is 5.72. The van der Waals surface area contributed by atoms with Gasteiger partial charge in [-0.15, -0.1) is 0 Å². The van der Waals surface area contributed by atoms with Crippen LogP contribution in [0.4, 0.5) is 9.52 Å². The highest BCUT2D eigenvalue weighted by atomic mass is 32.1. The molecule has 4 aromatic rings. The van der Waals surface area contributed by atoms with E-state index in [2.05, 4.69) is 4.98 Å². The number of methoxy groups -OCH3 is 2. The Morgan fingerprint density at radius 2 is 1.77 bits per heavy atom. The van der Waals surface area contributed by atoms with Gasteiger partial charge in [0.25, 0.3) is 5.78 Å². The largest absolute Gasteiger partial charge is 0.507 e. The minimum absolute atomic E-state index is 0.144. The number of Topliss-reactive ketones (excluding diaryl/α,β-unsaturated/α-hetero) is 1. The second-order valence-corrected chi connectivity index (χ2v) is 9.76. The molecule has 9 nitrogen and oxygen atoms in total. The lowest BCUT2D eigenvalue weighted by Gasteiger charge is -2.24. The van der Waals surface area contributed by atoms with Gasteiger partial charge in [0.2, 0.25) is 0 Å². The van der Waals surface area contributed by atoms with Crippen LogP contribution >= 0.6 is 11.3 Å². The van der Waals surface area contributed by atoms with Crippen LogP contribution in [0.15, 0.2) is 60.2 Å². The fraction of sp³-hybridized carbons (Fsp3) is 0.179. The van der Waals surface area contributed by atoms with Crippen molar-refractivity contribution in [1.82, 2.24) is 4.98 Å². The zero-order chi connectivity index (χ0) is 27.3. The van der Waals surface area contributed by atoms with Gasteiger partial charge in [-0.3, -0.25) is 14.5 Å². The third-order valence-electron chi connectivity index (χ3n) is 6.53. The zero-order valence-electron chi connectivity index (χ0n) is 20.8. The van der Waals surface area contributed by atoms with Crippen molar-refractivity contribution in [2.45, 2.75) is 6.04 Å². The summed E-state index contributed by atoms with van der Waals surface area (Å²) < 4.78 is 36.4. The van der Waals surface area contributed by atoms with Crippen molar-refractivity contribution in [3.8, 4) is 23.0 Å². The molecule has 198 valence electrons. The van der Waals surface area contributed by atoms with Gasteiger partial charge in [-0.1, -0.05) is 17.4 Å². The summed E-state index contributed by atoms with van der Waals surface area (Å²) in [5.74, 6) is -0.880. The highest BCUT2D eigenvalue weighted by Gasteiger charge is 2.48. The summed E-state index contributed by atoms with van der Waals surface area (Å²) in [7, 11) is 2.96. The van der Waals surface area contributed by atoms with E-state index < -0.39 is 23.5 Å². The van der Waals surface area contributed by atoms with Crippen LogP contribution in [-0.4, -0.2) is 49.2 Å². The Morgan fingerprint density at radius 1 is 1.00 bits per heavy atom. The number of nitrogens with zero attached hydrogens (tertiary/aromatic N) is 2. The van der Waals surface area contributed by atoms with Crippen molar-refractivity contribution in [2.75, 3.05) is 32.3 Å². The normalized spacial score (nSPS) is 18.0. The Hall–Kier alpha value is -4.64. The number of carbonyl (C=O) groups is 2. The standard InChI is InChI=1S/C28H21FN2O7S/c1-35-18-7-3-14(11-20(18)36-2)24-23(25(32)15-4-8-19-21(12-15)38-10-9-37-19)26(33)27(34)31(24)28-30-17-6-5-16(29)13-22(17)39-28/h3-8,11-13,24,32H,9-10H2,1-2H3/b25-23+. The molecule has 3 heterocycles. The van der Waals surface area contributed by atoms with E-state index in [-0.39, 0.29) is 22.0 Å². The molecule has 0 bridgehead atoms. The number of hydrogen-bond donors (Lipinski definition) is 1. The molecule has 2 aliphatic heterocycles. The third kappa shape index (κ3) is 4.11. The van der Waals surface area contributed by atoms with E-state index in [9.17, 15) is 19.1 Å². The first-order valence-corrected chi connectivity index (χ1v) is 12.7. The van der Waals surface area contributed by atoms with Gasteiger partial charge in [-0.25, -0.2) is 9.37 Å². The molecule has 0 saturated carbocycles. The lowest BCUT2D eigenvalue weighted by atomic mass is 9.95. The maximum Gasteiger partial charge on any atom is 0.301 e. The number of benzene rings is 3. The molecule has 1 amide bonds. The zero-order valence-corrected chi connectivity index (χ0v) is 21.6. The van der Waals surface area contributed by atoms with Gasteiger partial charge in [0.05, 0.1) is 36.1 Å². The van der Waals surface area contributed by atoms with Gasteiger partial charge >= 0.3 is 5.91 Å². The van der Waals surface area contributed by atoms with Crippen molar-refractivity contribution in [3.05, 3.63) is 77.1 Å². The first-order valence-electron chi connectivity index (χ1n) is 11.9. The Balaban J connectivity index is 1.56. The molecule has 1 atom stereocenters.